The molecule has 170 valence electrons. The fourth-order valence-electron chi connectivity index (χ4n) is 4.37. The van der Waals surface area contributed by atoms with Crippen LogP contribution in [0, 0.1) is 12.7 Å². The molecular weight excluding hydrogens is 423 g/mol. The SMILES string of the molecule is Cc1cnn(C)c1-c1ccc(F)c(N2CCN(C(=O)N3N=CCC3c3ccccn3)CC2)n1. The van der Waals surface area contributed by atoms with E-state index in [1.165, 1.54) is 11.1 Å². The van der Waals surface area contributed by atoms with E-state index in [9.17, 15) is 9.18 Å². The van der Waals surface area contributed by atoms with Crippen molar-refractivity contribution in [3.8, 4) is 11.4 Å². The predicted molar refractivity (Wildman–Crippen MR) is 122 cm³/mol. The Balaban J connectivity index is 1.29. The average Bonchev–Trinajstić information content (AvgIpc) is 3.46. The Bertz CT molecular complexity index is 1170. The number of carbonyl (C=O) groups is 1. The molecule has 1 atom stereocenters. The highest BCUT2D eigenvalue weighted by molar-refractivity contribution is 5.78. The minimum Gasteiger partial charge on any atom is -0.351 e. The van der Waals surface area contributed by atoms with Crippen LogP contribution >= 0.6 is 0 Å². The van der Waals surface area contributed by atoms with E-state index < -0.39 is 0 Å². The quantitative estimate of drug-likeness (QED) is 0.615. The lowest BCUT2D eigenvalue weighted by atomic mass is 10.1. The van der Waals surface area contributed by atoms with Crippen molar-refractivity contribution in [1.82, 2.24) is 29.7 Å². The predicted octanol–water partition coefficient (Wildman–Crippen LogP) is 3.00. The smallest absolute Gasteiger partial charge is 0.341 e. The van der Waals surface area contributed by atoms with Crippen molar-refractivity contribution < 1.29 is 9.18 Å². The molecule has 0 aromatic carbocycles. The van der Waals surface area contributed by atoms with Crippen LogP contribution in [0.15, 0.2) is 47.8 Å². The first-order chi connectivity index (χ1) is 16.0. The molecule has 10 heteroatoms. The minimum atomic E-state index is -0.377. The van der Waals surface area contributed by atoms with Gasteiger partial charge in [0.1, 0.15) is 6.04 Å². The molecule has 1 saturated heterocycles. The van der Waals surface area contributed by atoms with Crippen molar-refractivity contribution in [1.29, 1.82) is 0 Å². The molecule has 5 heterocycles. The summed E-state index contributed by atoms with van der Waals surface area (Å²) in [5.41, 5.74) is 3.33. The summed E-state index contributed by atoms with van der Waals surface area (Å²) in [5, 5.41) is 10.1. The number of aryl methyl sites for hydroxylation is 2. The number of hydrazone groups is 1. The number of halogens is 1. The maximum Gasteiger partial charge on any atom is 0.341 e. The van der Waals surface area contributed by atoms with E-state index in [4.69, 9.17) is 0 Å². The summed E-state index contributed by atoms with van der Waals surface area (Å²) >= 11 is 0. The first kappa shape index (κ1) is 21.0. The van der Waals surface area contributed by atoms with Crippen LogP contribution in [-0.4, -0.2) is 68.1 Å². The Morgan fingerprint density at radius 2 is 1.94 bits per heavy atom. The van der Waals surface area contributed by atoms with E-state index in [-0.39, 0.29) is 17.9 Å². The molecule has 3 aromatic heterocycles. The Labute approximate surface area is 191 Å². The van der Waals surface area contributed by atoms with Crippen molar-refractivity contribution in [2.24, 2.45) is 12.1 Å². The van der Waals surface area contributed by atoms with Gasteiger partial charge in [-0.15, -0.1) is 0 Å². The lowest BCUT2D eigenvalue weighted by Gasteiger charge is -2.37. The zero-order valence-corrected chi connectivity index (χ0v) is 18.6. The van der Waals surface area contributed by atoms with Crippen molar-refractivity contribution >= 4 is 18.1 Å². The van der Waals surface area contributed by atoms with Gasteiger partial charge in [0.05, 0.1) is 23.3 Å². The summed E-state index contributed by atoms with van der Waals surface area (Å²) in [6.45, 7) is 3.83. The van der Waals surface area contributed by atoms with E-state index in [0.717, 1.165) is 17.0 Å². The molecule has 0 aliphatic carbocycles. The fraction of sp³-hybridized carbons (Fsp3) is 0.348. The lowest BCUT2D eigenvalue weighted by Crippen LogP contribution is -2.52. The standard InChI is InChI=1S/C23H25FN8O/c1-16-15-27-29(2)21(16)19-7-6-17(24)22(28-19)30-11-13-31(14-12-30)23(33)32-20(8-10-26-32)18-5-3-4-9-25-18/h3-7,9-10,15,20H,8,11-14H2,1-2H3. The van der Waals surface area contributed by atoms with Gasteiger partial charge in [-0.2, -0.15) is 10.2 Å². The van der Waals surface area contributed by atoms with Crippen LogP contribution in [0.25, 0.3) is 11.4 Å². The second-order valence-corrected chi connectivity index (χ2v) is 8.21. The van der Waals surface area contributed by atoms with Gasteiger partial charge in [-0.3, -0.25) is 9.67 Å². The highest BCUT2D eigenvalue weighted by atomic mass is 19.1. The van der Waals surface area contributed by atoms with Gasteiger partial charge in [0, 0.05) is 52.1 Å². The number of anilines is 1. The summed E-state index contributed by atoms with van der Waals surface area (Å²) in [6.07, 6.45) is 5.87. The maximum absolute atomic E-state index is 14.7. The molecular formula is C23H25FN8O. The third-order valence-electron chi connectivity index (χ3n) is 6.10. The number of rotatable bonds is 3. The van der Waals surface area contributed by atoms with Crippen molar-refractivity contribution in [2.75, 3.05) is 31.1 Å². The van der Waals surface area contributed by atoms with Crippen LogP contribution < -0.4 is 4.90 Å². The van der Waals surface area contributed by atoms with Crippen molar-refractivity contribution in [3.63, 3.8) is 0 Å². The second-order valence-electron chi connectivity index (χ2n) is 8.21. The van der Waals surface area contributed by atoms with Gasteiger partial charge in [-0.1, -0.05) is 6.07 Å². The summed E-state index contributed by atoms with van der Waals surface area (Å²) < 4.78 is 16.4. The molecule has 0 N–H and O–H groups in total. The molecule has 1 unspecified atom stereocenters. The number of carbonyl (C=O) groups excluding carboxylic acids is 1. The van der Waals surface area contributed by atoms with Gasteiger partial charge in [-0.25, -0.2) is 19.2 Å². The maximum atomic E-state index is 14.7. The van der Waals surface area contributed by atoms with Gasteiger partial charge < -0.3 is 9.80 Å². The number of nitrogens with zero attached hydrogens (tertiary/aromatic N) is 8. The highest BCUT2D eigenvalue weighted by Gasteiger charge is 2.34. The van der Waals surface area contributed by atoms with Crippen LogP contribution in [0.1, 0.15) is 23.7 Å². The molecule has 5 rings (SSSR count). The third-order valence-corrected chi connectivity index (χ3v) is 6.10. The number of urea groups is 1. The number of pyridine rings is 2. The molecule has 9 nitrogen and oxygen atoms in total. The Hall–Kier alpha value is -3.82. The van der Waals surface area contributed by atoms with Gasteiger partial charge >= 0.3 is 6.03 Å². The molecule has 1 fully saturated rings. The Kier molecular flexibility index (Phi) is 5.49. The van der Waals surface area contributed by atoms with Crippen molar-refractivity contribution in [3.05, 3.63) is 59.8 Å². The first-order valence-corrected chi connectivity index (χ1v) is 10.9. The number of aromatic nitrogens is 4. The highest BCUT2D eigenvalue weighted by Crippen LogP contribution is 2.29. The zero-order valence-electron chi connectivity index (χ0n) is 18.6. The molecule has 2 aliphatic rings. The summed E-state index contributed by atoms with van der Waals surface area (Å²) in [4.78, 5) is 25.8. The van der Waals surface area contributed by atoms with Crippen LogP contribution in [-0.2, 0) is 7.05 Å². The summed E-state index contributed by atoms with van der Waals surface area (Å²) in [5.74, 6) is -0.0801. The Morgan fingerprint density at radius 3 is 2.64 bits per heavy atom. The average molecular weight is 449 g/mol. The topological polar surface area (TPSA) is 82.8 Å². The molecule has 0 spiro atoms. The van der Waals surface area contributed by atoms with Gasteiger partial charge in [-0.05, 0) is 36.8 Å². The Morgan fingerprint density at radius 1 is 1.12 bits per heavy atom. The van der Waals surface area contributed by atoms with E-state index >= 15 is 0 Å². The normalized spacial score (nSPS) is 18.3. The molecule has 0 saturated carbocycles. The van der Waals surface area contributed by atoms with Gasteiger partial charge in [0.2, 0.25) is 0 Å². The lowest BCUT2D eigenvalue weighted by molar-refractivity contribution is 0.138. The minimum absolute atomic E-state index is 0.160. The molecule has 3 aromatic rings. The first-order valence-electron chi connectivity index (χ1n) is 10.9. The van der Waals surface area contributed by atoms with E-state index in [0.29, 0.717) is 44.1 Å². The van der Waals surface area contributed by atoms with Crippen LogP contribution in [0.4, 0.5) is 15.0 Å². The fourth-order valence-corrected chi connectivity index (χ4v) is 4.37. The monoisotopic (exact) mass is 448 g/mol. The molecule has 0 radical (unpaired) electrons. The number of hydrogen-bond donors (Lipinski definition) is 0. The van der Waals surface area contributed by atoms with Gasteiger partial charge in [0.15, 0.2) is 11.6 Å². The summed E-state index contributed by atoms with van der Waals surface area (Å²) in [6, 6.07) is 8.42. The second kappa shape index (κ2) is 8.61. The molecule has 33 heavy (non-hydrogen) atoms. The van der Waals surface area contributed by atoms with E-state index in [2.05, 4.69) is 20.2 Å². The van der Waals surface area contributed by atoms with Crippen molar-refractivity contribution in [2.45, 2.75) is 19.4 Å². The number of piperazine rings is 1. The van der Waals surface area contributed by atoms with Crippen LogP contribution in [0.3, 0.4) is 0 Å². The number of hydrogen-bond acceptors (Lipinski definition) is 6. The van der Waals surface area contributed by atoms with Gasteiger partial charge in [0.25, 0.3) is 0 Å². The molecule has 2 aliphatic heterocycles. The number of amides is 2. The van der Waals surface area contributed by atoms with Crippen LogP contribution in [0.2, 0.25) is 0 Å². The molecule has 0 bridgehead atoms. The largest absolute Gasteiger partial charge is 0.351 e. The third kappa shape index (κ3) is 3.92. The molecule has 2 amide bonds. The van der Waals surface area contributed by atoms with Crippen LogP contribution in [0.5, 0.6) is 0 Å². The van der Waals surface area contributed by atoms with E-state index in [1.807, 2.05) is 37.1 Å². The zero-order chi connectivity index (χ0) is 22.9. The van der Waals surface area contributed by atoms with E-state index in [1.54, 1.807) is 34.3 Å². The summed E-state index contributed by atoms with van der Waals surface area (Å²) in [7, 11) is 1.84.